The first-order chi connectivity index (χ1) is 43.0. The van der Waals surface area contributed by atoms with E-state index in [2.05, 4.69) is 55.6 Å². The fourth-order valence-corrected chi connectivity index (χ4v) is 12.6. The molecule has 0 aliphatic rings. The molecule has 0 fully saturated rings. The predicted molar refractivity (Wildman–Crippen MR) is 384 cm³/mol. The second-order valence-corrected chi connectivity index (χ2v) is 27.4. The van der Waals surface area contributed by atoms with E-state index >= 15 is 0 Å². The summed E-state index contributed by atoms with van der Waals surface area (Å²) in [7, 11) is 0. The van der Waals surface area contributed by atoms with Gasteiger partial charge in [0.25, 0.3) is 0 Å². The average Bonchev–Trinajstić information content (AvgIpc) is 3.53. The summed E-state index contributed by atoms with van der Waals surface area (Å²) in [5.41, 5.74) is 0. The fraction of sp³-hybridized carbons (Fsp3) is 0.901. The standard InChI is InChI=1S/C81H155NO5/c1-3-5-7-9-11-13-15-17-19-21-23-38-41-45-49-53-57-61-65-69-73-79(84)78(77-83)82-80(85)74-70-66-62-58-54-50-46-42-39-36-34-32-30-28-26-24-25-27-29-31-33-35-37-40-44-48-52-56-60-64-68-72-76-87-81(86)75-71-67-63-59-55-51-47-43-22-20-18-16-14-12-10-8-6-4-2/h14,16,20,22,27,29,78-79,83-84H,3-13,15,17-19,21,23-26,28,30-77H2,1-2H3,(H,82,85)/b16-14-,22-20-,29-27-. The van der Waals surface area contributed by atoms with Crippen LogP contribution in [0.25, 0.3) is 0 Å². The van der Waals surface area contributed by atoms with Crippen LogP contribution in [0.4, 0.5) is 0 Å². The Labute approximate surface area is 544 Å². The van der Waals surface area contributed by atoms with Crippen molar-refractivity contribution in [3.63, 3.8) is 0 Å². The highest BCUT2D eigenvalue weighted by Gasteiger charge is 2.20. The molecule has 6 heteroatoms. The van der Waals surface area contributed by atoms with Crippen LogP contribution < -0.4 is 5.32 Å². The van der Waals surface area contributed by atoms with Gasteiger partial charge in [-0.15, -0.1) is 0 Å². The highest BCUT2D eigenvalue weighted by atomic mass is 16.5. The lowest BCUT2D eigenvalue weighted by molar-refractivity contribution is -0.143. The molecule has 0 radical (unpaired) electrons. The number of unbranched alkanes of at least 4 members (excludes halogenated alkanes) is 58. The summed E-state index contributed by atoms with van der Waals surface area (Å²) >= 11 is 0. The molecule has 3 N–H and O–H groups in total. The van der Waals surface area contributed by atoms with Gasteiger partial charge < -0.3 is 20.3 Å². The topological polar surface area (TPSA) is 95.9 Å². The molecule has 0 aliphatic carbocycles. The van der Waals surface area contributed by atoms with Crippen molar-refractivity contribution >= 4 is 11.9 Å². The number of hydrogen-bond donors (Lipinski definition) is 3. The van der Waals surface area contributed by atoms with E-state index in [1.165, 1.54) is 360 Å². The number of aliphatic hydroxyl groups excluding tert-OH is 2. The van der Waals surface area contributed by atoms with E-state index in [4.69, 9.17) is 4.74 Å². The Morgan fingerprint density at radius 3 is 0.897 bits per heavy atom. The second kappa shape index (κ2) is 76.5. The van der Waals surface area contributed by atoms with Gasteiger partial charge in [-0.1, -0.05) is 384 Å². The third-order valence-electron chi connectivity index (χ3n) is 18.7. The molecule has 0 saturated heterocycles. The van der Waals surface area contributed by atoms with Crippen molar-refractivity contribution in [3.8, 4) is 0 Å². The number of rotatable bonds is 75. The molecule has 1 amide bonds. The molecule has 0 rings (SSSR count). The quantitative estimate of drug-likeness (QED) is 0.0320. The third kappa shape index (κ3) is 73.0. The minimum Gasteiger partial charge on any atom is -0.466 e. The predicted octanol–water partition coefficient (Wildman–Crippen LogP) is 26.2. The van der Waals surface area contributed by atoms with E-state index in [1.807, 2.05) is 0 Å². The molecule has 0 aliphatic heterocycles. The van der Waals surface area contributed by atoms with Crippen molar-refractivity contribution in [2.24, 2.45) is 0 Å². The van der Waals surface area contributed by atoms with Crippen LogP contribution in [0.3, 0.4) is 0 Å². The fourth-order valence-electron chi connectivity index (χ4n) is 12.6. The van der Waals surface area contributed by atoms with Gasteiger partial charge in [-0.3, -0.25) is 9.59 Å². The molecule has 2 atom stereocenters. The lowest BCUT2D eigenvalue weighted by atomic mass is 10.0. The van der Waals surface area contributed by atoms with Crippen LogP contribution >= 0.6 is 0 Å². The van der Waals surface area contributed by atoms with Gasteiger partial charge in [-0.05, 0) is 83.5 Å². The summed E-state index contributed by atoms with van der Waals surface area (Å²) in [5, 5.41) is 23.4. The van der Waals surface area contributed by atoms with Gasteiger partial charge in [0.15, 0.2) is 0 Å². The summed E-state index contributed by atoms with van der Waals surface area (Å²) in [5.74, 6) is -0.0160. The van der Waals surface area contributed by atoms with Crippen LogP contribution in [0.15, 0.2) is 36.5 Å². The van der Waals surface area contributed by atoms with Crippen LogP contribution in [0.2, 0.25) is 0 Å². The maximum atomic E-state index is 12.6. The number of carbonyl (C=O) groups is 2. The number of carbonyl (C=O) groups excluding carboxylic acids is 2. The van der Waals surface area contributed by atoms with Crippen molar-refractivity contribution < 1.29 is 24.5 Å². The Hall–Kier alpha value is -1.92. The molecular formula is C81H155NO5. The van der Waals surface area contributed by atoms with Crippen molar-refractivity contribution in [3.05, 3.63) is 36.5 Å². The molecule has 87 heavy (non-hydrogen) atoms. The van der Waals surface area contributed by atoms with Gasteiger partial charge in [0.05, 0.1) is 25.4 Å². The molecule has 6 nitrogen and oxygen atoms in total. The van der Waals surface area contributed by atoms with Crippen molar-refractivity contribution in [2.75, 3.05) is 13.2 Å². The zero-order valence-corrected chi connectivity index (χ0v) is 59.0. The average molecular weight is 1220 g/mol. The molecule has 0 saturated carbocycles. The van der Waals surface area contributed by atoms with Crippen molar-refractivity contribution in [1.29, 1.82) is 0 Å². The molecule has 0 aromatic carbocycles. The normalized spacial score (nSPS) is 12.6. The zero-order chi connectivity index (χ0) is 62.8. The first-order valence-corrected chi connectivity index (χ1v) is 39.7. The molecule has 0 aromatic rings. The molecule has 0 heterocycles. The maximum absolute atomic E-state index is 12.6. The summed E-state index contributed by atoms with van der Waals surface area (Å²) in [4.78, 5) is 24.7. The first-order valence-electron chi connectivity index (χ1n) is 39.7. The Kier molecular flexibility index (Phi) is 74.8. The van der Waals surface area contributed by atoms with Gasteiger partial charge in [0, 0.05) is 12.8 Å². The van der Waals surface area contributed by atoms with Gasteiger partial charge in [-0.25, -0.2) is 0 Å². The summed E-state index contributed by atoms with van der Waals surface area (Å²) in [6.45, 7) is 4.98. The minimum absolute atomic E-state index is 0.0116. The number of hydrogen-bond acceptors (Lipinski definition) is 5. The largest absolute Gasteiger partial charge is 0.466 e. The van der Waals surface area contributed by atoms with E-state index < -0.39 is 12.1 Å². The van der Waals surface area contributed by atoms with Gasteiger partial charge in [-0.2, -0.15) is 0 Å². The highest BCUT2D eigenvalue weighted by Crippen LogP contribution is 2.20. The second-order valence-electron chi connectivity index (χ2n) is 27.4. The van der Waals surface area contributed by atoms with Crippen LogP contribution in [0.5, 0.6) is 0 Å². The monoisotopic (exact) mass is 1220 g/mol. The minimum atomic E-state index is -0.664. The van der Waals surface area contributed by atoms with Crippen molar-refractivity contribution in [1.82, 2.24) is 5.32 Å². The van der Waals surface area contributed by atoms with E-state index in [0.29, 0.717) is 25.9 Å². The molecular weight excluding hydrogens is 1070 g/mol. The highest BCUT2D eigenvalue weighted by molar-refractivity contribution is 5.76. The number of ether oxygens (including phenoxy) is 1. The lowest BCUT2D eigenvalue weighted by Gasteiger charge is -2.22. The van der Waals surface area contributed by atoms with Crippen LogP contribution in [0.1, 0.15) is 444 Å². The Morgan fingerprint density at radius 1 is 0.322 bits per heavy atom. The molecule has 514 valence electrons. The Balaban J connectivity index is 3.35. The summed E-state index contributed by atoms with van der Waals surface area (Å²) in [6, 6.07) is -0.541. The number of nitrogens with one attached hydrogen (secondary N) is 1. The van der Waals surface area contributed by atoms with E-state index in [9.17, 15) is 19.8 Å². The maximum Gasteiger partial charge on any atom is 0.305 e. The molecule has 0 spiro atoms. The first kappa shape index (κ1) is 85.1. The van der Waals surface area contributed by atoms with Gasteiger partial charge in [0.1, 0.15) is 0 Å². The van der Waals surface area contributed by atoms with Crippen LogP contribution in [-0.2, 0) is 14.3 Å². The molecule has 0 bridgehead atoms. The lowest BCUT2D eigenvalue weighted by Crippen LogP contribution is -2.45. The number of aliphatic hydroxyl groups is 2. The van der Waals surface area contributed by atoms with Crippen LogP contribution in [-0.4, -0.2) is 47.4 Å². The smallest absolute Gasteiger partial charge is 0.305 e. The summed E-state index contributed by atoms with van der Waals surface area (Å²) < 4.78 is 5.51. The SMILES string of the molecule is CCCCCC/C=C\C/C=C\CCCCCCCCCC(=O)OCCCCCCCCCCCCCC/C=C\CCCCCCCCCCCCCCCCCCC(=O)NC(CO)C(O)CCCCCCCCCCCCCCCCCCCCCC. The number of allylic oxidation sites excluding steroid dienone is 6. The van der Waals surface area contributed by atoms with E-state index in [1.54, 1.807) is 0 Å². The molecule has 0 aromatic heterocycles. The van der Waals surface area contributed by atoms with Gasteiger partial charge in [0.2, 0.25) is 5.91 Å². The number of amides is 1. The van der Waals surface area contributed by atoms with E-state index in [-0.39, 0.29) is 18.5 Å². The number of esters is 1. The van der Waals surface area contributed by atoms with Crippen molar-refractivity contribution in [2.45, 2.75) is 456 Å². The zero-order valence-electron chi connectivity index (χ0n) is 59.0. The Morgan fingerprint density at radius 2 is 0.575 bits per heavy atom. The summed E-state index contributed by atoms with van der Waals surface area (Å²) in [6.07, 6.45) is 99.5. The van der Waals surface area contributed by atoms with Crippen LogP contribution in [0, 0.1) is 0 Å². The third-order valence-corrected chi connectivity index (χ3v) is 18.7. The van der Waals surface area contributed by atoms with Gasteiger partial charge >= 0.3 is 5.97 Å². The van der Waals surface area contributed by atoms with E-state index in [0.717, 1.165) is 51.4 Å². The molecule has 2 unspecified atom stereocenters. The Bertz CT molecular complexity index is 1410.